The van der Waals surface area contributed by atoms with Gasteiger partial charge in [0.1, 0.15) is 17.3 Å². The van der Waals surface area contributed by atoms with Crippen LogP contribution in [0.25, 0.3) is 17.3 Å². The summed E-state index contributed by atoms with van der Waals surface area (Å²) in [6.45, 7) is 1.73. The molecule has 4 aromatic rings. The lowest BCUT2D eigenvalue weighted by Gasteiger charge is -2.10. The molecule has 0 spiro atoms. The highest BCUT2D eigenvalue weighted by Crippen LogP contribution is 2.42. The fraction of sp³-hybridized carbons (Fsp3) is 0.217. The van der Waals surface area contributed by atoms with Gasteiger partial charge < -0.3 is 9.73 Å². The summed E-state index contributed by atoms with van der Waals surface area (Å²) < 4.78 is 34.1. The molecule has 1 saturated carbocycles. The first-order chi connectivity index (χ1) is 15.5. The van der Waals surface area contributed by atoms with Gasteiger partial charge in [-0.2, -0.15) is 5.10 Å². The van der Waals surface area contributed by atoms with Crippen molar-refractivity contribution in [3.8, 4) is 17.3 Å². The maximum Gasteiger partial charge on any atom is 0.268 e. The number of benzene rings is 2. The summed E-state index contributed by atoms with van der Waals surface area (Å²) in [5.41, 5.74) is 3.07. The number of carbonyl (C=O) groups excluding carboxylic acids is 1. The summed E-state index contributed by atoms with van der Waals surface area (Å²) in [6.07, 6.45) is 2.14. The molecule has 2 aromatic heterocycles. The minimum absolute atomic E-state index is 0.00744. The molecule has 1 fully saturated rings. The van der Waals surface area contributed by atoms with Crippen LogP contribution in [0.2, 0.25) is 0 Å². The summed E-state index contributed by atoms with van der Waals surface area (Å²) in [5.74, 6) is -0.534. The second-order valence-electron chi connectivity index (χ2n) is 7.78. The molecule has 32 heavy (non-hydrogen) atoms. The molecule has 0 atom stereocenters. The predicted octanol–water partition coefficient (Wildman–Crippen LogP) is 4.32. The number of aryl methyl sites for hydroxylation is 1. The summed E-state index contributed by atoms with van der Waals surface area (Å²) in [5, 5.41) is 15.2. The lowest BCUT2D eigenvalue weighted by molar-refractivity contribution is 0.0950. The van der Waals surface area contributed by atoms with Crippen molar-refractivity contribution in [2.75, 3.05) is 0 Å². The number of rotatable bonds is 6. The Morgan fingerprint density at radius 2 is 1.91 bits per heavy atom. The van der Waals surface area contributed by atoms with Gasteiger partial charge in [-0.3, -0.25) is 4.79 Å². The van der Waals surface area contributed by atoms with Crippen molar-refractivity contribution in [1.29, 1.82) is 0 Å². The number of hydrogen-bond donors (Lipinski definition) is 1. The van der Waals surface area contributed by atoms with Gasteiger partial charge in [-0.15, -0.1) is 10.2 Å². The highest BCUT2D eigenvalue weighted by molar-refractivity contribution is 5.94. The van der Waals surface area contributed by atoms with Crippen molar-refractivity contribution in [2.24, 2.45) is 0 Å². The van der Waals surface area contributed by atoms with Gasteiger partial charge in [0.15, 0.2) is 0 Å². The molecule has 1 N–H and O–H groups in total. The van der Waals surface area contributed by atoms with Crippen LogP contribution in [0.4, 0.5) is 8.78 Å². The summed E-state index contributed by atoms with van der Waals surface area (Å²) in [6, 6.07) is 12.1. The third-order valence-electron chi connectivity index (χ3n) is 5.21. The van der Waals surface area contributed by atoms with Gasteiger partial charge in [-0.25, -0.2) is 13.5 Å². The second kappa shape index (κ2) is 7.99. The molecule has 1 aliphatic carbocycles. The zero-order chi connectivity index (χ0) is 22.2. The fourth-order valence-corrected chi connectivity index (χ4v) is 3.55. The van der Waals surface area contributed by atoms with Gasteiger partial charge in [0, 0.05) is 36.7 Å². The lowest BCUT2D eigenvalue weighted by Crippen LogP contribution is -2.23. The van der Waals surface area contributed by atoms with Gasteiger partial charge in [0.2, 0.25) is 5.89 Å². The maximum atomic E-state index is 13.4. The molecule has 2 heterocycles. The average molecular weight is 435 g/mol. The van der Waals surface area contributed by atoms with E-state index < -0.39 is 11.6 Å². The zero-order valence-corrected chi connectivity index (χ0v) is 17.2. The summed E-state index contributed by atoms with van der Waals surface area (Å²) >= 11 is 0. The van der Waals surface area contributed by atoms with Gasteiger partial charge >= 0.3 is 0 Å². The molecule has 0 bridgehead atoms. The van der Waals surface area contributed by atoms with Crippen LogP contribution >= 0.6 is 0 Å². The van der Waals surface area contributed by atoms with E-state index in [4.69, 9.17) is 4.42 Å². The topological polar surface area (TPSA) is 85.8 Å². The molecule has 5 rings (SSSR count). The molecule has 2 aromatic carbocycles. The summed E-state index contributed by atoms with van der Waals surface area (Å²) in [7, 11) is 0. The molecule has 7 nitrogen and oxygen atoms in total. The first-order valence-corrected chi connectivity index (χ1v) is 10.2. The predicted molar refractivity (Wildman–Crippen MR) is 111 cm³/mol. The monoisotopic (exact) mass is 435 g/mol. The quantitative estimate of drug-likeness (QED) is 0.488. The molecule has 0 radical (unpaired) electrons. The van der Waals surface area contributed by atoms with E-state index in [1.807, 2.05) is 12.1 Å². The molecule has 1 aliphatic rings. The van der Waals surface area contributed by atoms with E-state index >= 15 is 0 Å². The van der Waals surface area contributed by atoms with E-state index in [0.29, 0.717) is 34.5 Å². The third-order valence-corrected chi connectivity index (χ3v) is 5.21. The molecule has 0 unspecified atom stereocenters. The molecule has 0 saturated heterocycles. The van der Waals surface area contributed by atoms with E-state index in [-0.39, 0.29) is 12.5 Å². The van der Waals surface area contributed by atoms with E-state index in [2.05, 4.69) is 20.6 Å². The number of aromatic nitrogens is 4. The Hall–Kier alpha value is -3.88. The van der Waals surface area contributed by atoms with Crippen LogP contribution in [-0.4, -0.2) is 25.9 Å². The number of nitrogens with one attached hydrogen (secondary N) is 1. The Kier molecular flexibility index (Phi) is 5.01. The standard InChI is InChI=1S/C23H19F2N5O2/c1-13-27-28-23(32-13)20-11-21(15-5-6-15)30(29-20)19-4-2-3-16(9-19)22(31)26-12-14-7-17(24)10-18(25)8-14/h2-4,7-11,15H,5-6,12H2,1H3,(H,26,31). The molecule has 1 amide bonds. The van der Waals surface area contributed by atoms with E-state index in [1.54, 1.807) is 29.8 Å². The number of nitrogens with zero attached hydrogens (tertiary/aromatic N) is 4. The largest absolute Gasteiger partial charge is 0.420 e. The Balaban J connectivity index is 1.40. The number of hydrogen-bond acceptors (Lipinski definition) is 5. The minimum Gasteiger partial charge on any atom is -0.420 e. The third kappa shape index (κ3) is 4.14. The Morgan fingerprint density at radius 3 is 2.59 bits per heavy atom. The summed E-state index contributed by atoms with van der Waals surface area (Å²) in [4.78, 5) is 12.7. The van der Waals surface area contributed by atoms with Gasteiger partial charge in [-0.05, 0) is 54.8 Å². The van der Waals surface area contributed by atoms with Crippen molar-refractivity contribution in [3.05, 3.63) is 82.9 Å². The second-order valence-corrected chi connectivity index (χ2v) is 7.78. The van der Waals surface area contributed by atoms with Crippen LogP contribution in [-0.2, 0) is 6.54 Å². The lowest BCUT2D eigenvalue weighted by atomic mass is 10.1. The fourth-order valence-electron chi connectivity index (χ4n) is 3.55. The maximum absolute atomic E-state index is 13.4. The zero-order valence-electron chi connectivity index (χ0n) is 17.2. The highest BCUT2D eigenvalue weighted by atomic mass is 19.1. The van der Waals surface area contributed by atoms with Crippen LogP contribution in [0.15, 0.2) is 52.9 Å². The molecular weight excluding hydrogens is 416 g/mol. The van der Waals surface area contributed by atoms with Crippen molar-refractivity contribution in [1.82, 2.24) is 25.3 Å². The molecular formula is C23H19F2N5O2. The van der Waals surface area contributed by atoms with Crippen molar-refractivity contribution in [3.63, 3.8) is 0 Å². The Labute approximate surface area is 182 Å². The van der Waals surface area contributed by atoms with E-state index in [1.165, 1.54) is 12.1 Å². The first kappa shape index (κ1) is 20.0. The van der Waals surface area contributed by atoms with Crippen LogP contribution in [0, 0.1) is 18.6 Å². The number of carbonyl (C=O) groups is 1. The number of halogens is 2. The van der Waals surface area contributed by atoms with Crippen LogP contribution in [0.1, 0.15) is 46.3 Å². The van der Waals surface area contributed by atoms with Crippen LogP contribution in [0.5, 0.6) is 0 Å². The van der Waals surface area contributed by atoms with Gasteiger partial charge in [-0.1, -0.05) is 6.07 Å². The SMILES string of the molecule is Cc1nnc(-c2cc(C3CC3)n(-c3cccc(C(=O)NCc4cc(F)cc(F)c4)c3)n2)o1. The Bertz CT molecular complexity index is 1290. The molecule has 9 heteroatoms. The van der Waals surface area contributed by atoms with E-state index in [9.17, 15) is 13.6 Å². The normalized spacial score (nSPS) is 13.3. The van der Waals surface area contributed by atoms with Crippen LogP contribution in [0.3, 0.4) is 0 Å². The highest BCUT2D eigenvalue weighted by Gasteiger charge is 2.30. The Morgan fingerprint density at radius 1 is 1.12 bits per heavy atom. The van der Waals surface area contributed by atoms with Crippen LogP contribution < -0.4 is 5.32 Å². The van der Waals surface area contributed by atoms with Gasteiger partial charge in [0.05, 0.1) is 5.69 Å². The van der Waals surface area contributed by atoms with Crippen molar-refractivity contribution >= 4 is 5.91 Å². The van der Waals surface area contributed by atoms with Crippen molar-refractivity contribution in [2.45, 2.75) is 32.2 Å². The molecule has 162 valence electrons. The first-order valence-electron chi connectivity index (χ1n) is 10.2. The van der Waals surface area contributed by atoms with E-state index in [0.717, 1.165) is 30.3 Å². The smallest absolute Gasteiger partial charge is 0.268 e. The van der Waals surface area contributed by atoms with Crippen molar-refractivity contribution < 1.29 is 18.0 Å². The minimum atomic E-state index is -0.685. The van der Waals surface area contributed by atoms with Gasteiger partial charge in [0.25, 0.3) is 11.8 Å². The molecule has 0 aliphatic heterocycles. The number of amides is 1. The average Bonchev–Trinajstić information content (AvgIpc) is 3.37.